The van der Waals surface area contributed by atoms with Crippen LogP contribution in [0.4, 0.5) is 0 Å². The fourth-order valence-corrected chi connectivity index (χ4v) is 1.22. The number of hydrogen-bond acceptors (Lipinski definition) is 3. The van der Waals surface area contributed by atoms with E-state index in [1.807, 2.05) is 19.1 Å². The predicted molar refractivity (Wildman–Crippen MR) is 57.4 cm³/mol. The molecular formula is C11H18N2O. The summed E-state index contributed by atoms with van der Waals surface area (Å²) in [4.78, 5) is 4.39. The van der Waals surface area contributed by atoms with Crippen molar-refractivity contribution in [3.63, 3.8) is 0 Å². The second kappa shape index (κ2) is 4.96. The maximum absolute atomic E-state index is 5.60. The fraction of sp³-hybridized carbons (Fsp3) is 0.545. The van der Waals surface area contributed by atoms with Crippen molar-refractivity contribution in [1.29, 1.82) is 0 Å². The van der Waals surface area contributed by atoms with Gasteiger partial charge in [-0.2, -0.15) is 0 Å². The van der Waals surface area contributed by atoms with Gasteiger partial charge in [0, 0.05) is 18.3 Å². The van der Waals surface area contributed by atoms with Crippen molar-refractivity contribution in [1.82, 2.24) is 4.98 Å². The van der Waals surface area contributed by atoms with Crippen LogP contribution in [0.25, 0.3) is 0 Å². The van der Waals surface area contributed by atoms with E-state index in [0.717, 1.165) is 11.3 Å². The molecule has 0 saturated heterocycles. The minimum Gasteiger partial charge on any atom is -0.478 e. The van der Waals surface area contributed by atoms with E-state index in [1.54, 1.807) is 0 Å². The van der Waals surface area contributed by atoms with E-state index in [-0.39, 0.29) is 0 Å². The SMILES string of the molecule is CCOc1cc(CN)cc(C(C)C)n1. The van der Waals surface area contributed by atoms with E-state index in [9.17, 15) is 0 Å². The van der Waals surface area contributed by atoms with Crippen LogP contribution in [0.15, 0.2) is 12.1 Å². The smallest absolute Gasteiger partial charge is 0.213 e. The molecule has 0 amide bonds. The third kappa shape index (κ3) is 2.70. The minimum absolute atomic E-state index is 0.403. The summed E-state index contributed by atoms with van der Waals surface area (Å²) < 4.78 is 5.37. The Kier molecular flexibility index (Phi) is 3.89. The molecule has 0 aliphatic rings. The van der Waals surface area contributed by atoms with Crippen molar-refractivity contribution < 1.29 is 4.74 Å². The number of ether oxygens (including phenoxy) is 1. The van der Waals surface area contributed by atoms with Crippen LogP contribution in [0.5, 0.6) is 5.88 Å². The third-order valence-corrected chi connectivity index (χ3v) is 2.00. The molecule has 1 aromatic heterocycles. The molecule has 0 aliphatic heterocycles. The average molecular weight is 194 g/mol. The van der Waals surface area contributed by atoms with Crippen LogP contribution in [0.2, 0.25) is 0 Å². The quantitative estimate of drug-likeness (QED) is 0.798. The summed E-state index contributed by atoms with van der Waals surface area (Å²) in [6.45, 7) is 7.34. The van der Waals surface area contributed by atoms with E-state index in [0.29, 0.717) is 24.9 Å². The zero-order valence-corrected chi connectivity index (χ0v) is 9.08. The van der Waals surface area contributed by atoms with Gasteiger partial charge < -0.3 is 10.5 Å². The van der Waals surface area contributed by atoms with Crippen LogP contribution in [0.1, 0.15) is 37.9 Å². The molecule has 0 spiro atoms. The Balaban J connectivity index is 3.00. The van der Waals surface area contributed by atoms with E-state index < -0.39 is 0 Å². The van der Waals surface area contributed by atoms with Gasteiger partial charge in [-0.1, -0.05) is 13.8 Å². The molecule has 0 radical (unpaired) electrons. The molecule has 0 saturated carbocycles. The van der Waals surface area contributed by atoms with Crippen LogP contribution in [-0.2, 0) is 6.54 Å². The molecule has 0 atom stereocenters. The van der Waals surface area contributed by atoms with Gasteiger partial charge in [-0.25, -0.2) is 4.98 Å². The lowest BCUT2D eigenvalue weighted by Crippen LogP contribution is -2.04. The van der Waals surface area contributed by atoms with Crippen LogP contribution in [0, 0.1) is 0 Å². The summed E-state index contributed by atoms with van der Waals surface area (Å²) in [5.74, 6) is 1.08. The van der Waals surface area contributed by atoms with Crippen molar-refractivity contribution in [2.24, 2.45) is 5.73 Å². The van der Waals surface area contributed by atoms with E-state index in [4.69, 9.17) is 10.5 Å². The Bertz CT molecular complexity index is 297. The lowest BCUT2D eigenvalue weighted by molar-refractivity contribution is 0.325. The van der Waals surface area contributed by atoms with Crippen LogP contribution >= 0.6 is 0 Å². The van der Waals surface area contributed by atoms with Gasteiger partial charge in [0.25, 0.3) is 0 Å². The highest BCUT2D eigenvalue weighted by Crippen LogP contribution is 2.18. The maximum atomic E-state index is 5.60. The second-order valence-corrected chi connectivity index (χ2v) is 3.53. The van der Waals surface area contributed by atoms with Crippen LogP contribution < -0.4 is 10.5 Å². The summed E-state index contributed by atoms with van der Waals surface area (Å²) in [6.07, 6.45) is 0. The number of pyridine rings is 1. The van der Waals surface area contributed by atoms with Gasteiger partial charge in [-0.05, 0) is 24.5 Å². The lowest BCUT2D eigenvalue weighted by Gasteiger charge is -2.10. The Labute approximate surface area is 85.3 Å². The molecule has 0 aliphatic carbocycles. The van der Waals surface area contributed by atoms with Crippen LogP contribution in [0.3, 0.4) is 0 Å². The van der Waals surface area contributed by atoms with Gasteiger partial charge in [0.15, 0.2) is 0 Å². The molecule has 78 valence electrons. The van der Waals surface area contributed by atoms with Crippen molar-refractivity contribution in [3.05, 3.63) is 23.4 Å². The van der Waals surface area contributed by atoms with E-state index >= 15 is 0 Å². The number of nitrogens with zero attached hydrogens (tertiary/aromatic N) is 1. The summed E-state index contributed by atoms with van der Waals surface area (Å²) >= 11 is 0. The van der Waals surface area contributed by atoms with Gasteiger partial charge >= 0.3 is 0 Å². The summed E-state index contributed by atoms with van der Waals surface area (Å²) in [6, 6.07) is 3.93. The Hall–Kier alpha value is -1.09. The number of nitrogens with two attached hydrogens (primary N) is 1. The normalized spacial score (nSPS) is 10.6. The van der Waals surface area contributed by atoms with Crippen molar-refractivity contribution in [2.75, 3.05) is 6.61 Å². The number of hydrogen-bond donors (Lipinski definition) is 1. The number of aromatic nitrogens is 1. The van der Waals surface area contributed by atoms with Gasteiger partial charge in [0.2, 0.25) is 5.88 Å². The third-order valence-electron chi connectivity index (χ3n) is 2.00. The Morgan fingerprint density at radius 2 is 2.14 bits per heavy atom. The highest BCUT2D eigenvalue weighted by Gasteiger charge is 2.05. The minimum atomic E-state index is 0.403. The molecule has 0 fully saturated rings. The molecular weight excluding hydrogens is 176 g/mol. The van der Waals surface area contributed by atoms with Crippen molar-refractivity contribution in [2.45, 2.75) is 33.2 Å². The van der Waals surface area contributed by atoms with Crippen LogP contribution in [-0.4, -0.2) is 11.6 Å². The zero-order chi connectivity index (χ0) is 10.6. The standard InChI is InChI=1S/C11H18N2O/c1-4-14-11-6-9(7-12)5-10(13-11)8(2)3/h5-6,8H,4,7,12H2,1-3H3. The fourth-order valence-electron chi connectivity index (χ4n) is 1.22. The predicted octanol–water partition coefficient (Wildman–Crippen LogP) is 2.06. The molecule has 1 aromatic rings. The number of rotatable bonds is 4. The van der Waals surface area contributed by atoms with Crippen molar-refractivity contribution >= 4 is 0 Å². The summed E-state index contributed by atoms with van der Waals surface area (Å²) in [5.41, 5.74) is 7.71. The summed E-state index contributed by atoms with van der Waals surface area (Å²) in [7, 11) is 0. The first-order valence-electron chi connectivity index (χ1n) is 5.01. The zero-order valence-electron chi connectivity index (χ0n) is 9.08. The molecule has 1 heterocycles. The largest absolute Gasteiger partial charge is 0.478 e. The van der Waals surface area contributed by atoms with Crippen molar-refractivity contribution in [3.8, 4) is 5.88 Å². The van der Waals surface area contributed by atoms with Gasteiger partial charge in [0.1, 0.15) is 0 Å². The first-order valence-corrected chi connectivity index (χ1v) is 5.01. The Morgan fingerprint density at radius 3 is 2.64 bits per heavy atom. The van der Waals surface area contributed by atoms with Gasteiger partial charge in [-0.3, -0.25) is 0 Å². The van der Waals surface area contributed by atoms with Gasteiger partial charge in [-0.15, -0.1) is 0 Å². The Morgan fingerprint density at radius 1 is 1.43 bits per heavy atom. The monoisotopic (exact) mass is 194 g/mol. The molecule has 0 bridgehead atoms. The molecule has 3 heteroatoms. The van der Waals surface area contributed by atoms with E-state index in [2.05, 4.69) is 18.8 Å². The molecule has 1 rings (SSSR count). The topological polar surface area (TPSA) is 48.1 Å². The highest BCUT2D eigenvalue weighted by atomic mass is 16.5. The molecule has 14 heavy (non-hydrogen) atoms. The molecule has 0 unspecified atom stereocenters. The summed E-state index contributed by atoms with van der Waals surface area (Å²) in [5, 5.41) is 0. The molecule has 2 N–H and O–H groups in total. The maximum Gasteiger partial charge on any atom is 0.213 e. The lowest BCUT2D eigenvalue weighted by atomic mass is 10.1. The average Bonchev–Trinajstić information content (AvgIpc) is 2.17. The molecule has 3 nitrogen and oxygen atoms in total. The van der Waals surface area contributed by atoms with Gasteiger partial charge in [0.05, 0.1) is 6.61 Å². The van der Waals surface area contributed by atoms with E-state index in [1.165, 1.54) is 0 Å². The first kappa shape index (κ1) is 11.0. The second-order valence-electron chi connectivity index (χ2n) is 3.53. The highest BCUT2D eigenvalue weighted by molar-refractivity contribution is 5.26. The first-order chi connectivity index (χ1) is 6.67. The molecule has 0 aromatic carbocycles.